The molecule has 4 heterocycles. The van der Waals surface area contributed by atoms with Gasteiger partial charge in [-0.25, -0.2) is 14.4 Å². The van der Waals surface area contributed by atoms with Crippen molar-refractivity contribution in [1.82, 2.24) is 24.8 Å². The fraction of sp³-hybridized carbons (Fsp3) is 0.500. The number of piperazine rings is 1. The zero-order chi connectivity index (χ0) is 30.2. The Hall–Kier alpha value is -3.78. The van der Waals surface area contributed by atoms with Crippen LogP contribution in [-0.4, -0.2) is 96.8 Å². The molecule has 2 saturated heterocycles. The standard InChI is InChI=1S/C28H33F4N7O3/c1-16(18-6-5-7-20(23(18)29)28(30,31)32)33-24-19-14-21(26(41-4)36-25(19)35-17(2)34-24)38-8-10-39(11-9-38)27(40)22-15-37(3)12-13-42-22/h5-7,14,16,22H,8-13,15H2,1-4H3,(H,33,34,35,36)/t16-,22?/m1/s1. The molecule has 2 aliphatic rings. The molecule has 226 valence electrons. The molecule has 1 unspecified atom stereocenters. The number of fused-ring (bicyclic) bond motifs is 1. The van der Waals surface area contributed by atoms with Crippen molar-refractivity contribution in [2.75, 3.05) is 70.2 Å². The molecule has 0 bridgehead atoms. The van der Waals surface area contributed by atoms with Crippen molar-refractivity contribution in [2.24, 2.45) is 0 Å². The van der Waals surface area contributed by atoms with Gasteiger partial charge in [-0.05, 0) is 33.0 Å². The maximum Gasteiger partial charge on any atom is 0.419 e. The first-order valence-corrected chi connectivity index (χ1v) is 13.7. The molecule has 10 nitrogen and oxygen atoms in total. The largest absolute Gasteiger partial charge is 0.479 e. The Morgan fingerprint density at radius 2 is 1.88 bits per heavy atom. The SMILES string of the molecule is COc1nc2nc(C)nc(N[C@H](C)c3cccc(C(F)(F)F)c3F)c2cc1N1CCN(C(=O)C2CN(C)CCO2)CC1. The molecule has 0 saturated carbocycles. The Morgan fingerprint density at radius 3 is 2.55 bits per heavy atom. The average Bonchev–Trinajstić information content (AvgIpc) is 2.95. The summed E-state index contributed by atoms with van der Waals surface area (Å²) in [4.78, 5) is 32.4. The highest BCUT2D eigenvalue weighted by Crippen LogP contribution is 2.36. The van der Waals surface area contributed by atoms with Gasteiger partial charge in [0, 0.05) is 44.8 Å². The number of nitrogens with one attached hydrogen (secondary N) is 1. The summed E-state index contributed by atoms with van der Waals surface area (Å²) in [7, 11) is 3.46. The Balaban J connectivity index is 1.40. The summed E-state index contributed by atoms with van der Waals surface area (Å²) in [6.45, 7) is 7.06. The van der Waals surface area contributed by atoms with Crippen molar-refractivity contribution < 1.29 is 31.8 Å². The second-order valence-electron chi connectivity index (χ2n) is 10.5. The first kappa shape index (κ1) is 29.7. The van der Waals surface area contributed by atoms with E-state index in [0.29, 0.717) is 79.6 Å². The monoisotopic (exact) mass is 591 g/mol. The van der Waals surface area contributed by atoms with E-state index in [4.69, 9.17) is 9.47 Å². The minimum Gasteiger partial charge on any atom is -0.479 e. The van der Waals surface area contributed by atoms with E-state index in [2.05, 4.69) is 25.2 Å². The van der Waals surface area contributed by atoms with Crippen molar-refractivity contribution in [1.29, 1.82) is 0 Å². The molecule has 1 N–H and O–H groups in total. The van der Waals surface area contributed by atoms with Gasteiger partial charge in [0.2, 0.25) is 5.88 Å². The van der Waals surface area contributed by atoms with Crippen LogP contribution < -0.4 is 15.0 Å². The fourth-order valence-electron chi connectivity index (χ4n) is 5.31. The molecule has 2 aliphatic heterocycles. The predicted molar refractivity (Wildman–Crippen MR) is 148 cm³/mol. The van der Waals surface area contributed by atoms with E-state index in [9.17, 15) is 22.4 Å². The number of ether oxygens (including phenoxy) is 2. The molecule has 1 amide bonds. The number of aryl methyl sites for hydroxylation is 1. The number of pyridine rings is 1. The van der Waals surface area contributed by atoms with Gasteiger partial charge >= 0.3 is 6.18 Å². The van der Waals surface area contributed by atoms with Gasteiger partial charge in [-0.15, -0.1) is 0 Å². The summed E-state index contributed by atoms with van der Waals surface area (Å²) in [5, 5.41) is 3.56. The number of likely N-dealkylation sites (N-methyl/N-ethyl adjacent to an activating group) is 1. The number of anilines is 2. The highest BCUT2D eigenvalue weighted by molar-refractivity contribution is 5.91. The molecule has 2 fully saturated rings. The number of morpholine rings is 1. The lowest BCUT2D eigenvalue weighted by Gasteiger charge is -2.39. The van der Waals surface area contributed by atoms with Crippen molar-refractivity contribution >= 4 is 28.4 Å². The Kier molecular flexibility index (Phi) is 8.37. The van der Waals surface area contributed by atoms with E-state index in [1.54, 1.807) is 24.8 Å². The number of hydrogen-bond acceptors (Lipinski definition) is 9. The third kappa shape index (κ3) is 6.04. The average molecular weight is 592 g/mol. The summed E-state index contributed by atoms with van der Waals surface area (Å²) >= 11 is 0. The molecule has 5 rings (SSSR count). The highest BCUT2D eigenvalue weighted by Gasteiger charge is 2.36. The zero-order valence-corrected chi connectivity index (χ0v) is 23.8. The van der Waals surface area contributed by atoms with Crippen molar-refractivity contribution in [3.63, 3.8) is 0 Å². The molecule has 2 aromatic heterocycles. The van der Waals surface area contributed by atoms with Gasteiger partial charge in [0.15, 0.2) is 5.65 Å². The lowest BCUT2D eigenvalue weighted by Crippen LogP contribution is -2.55. The number of amides is 1. The fourth-order valence-corrected chi connectivity index (χ4v) is 5.31. The number of carbonyl (C=O) groups excluding carboxylic acids is 1. The maximum absolute atomic E-state index is 14.9. The highest BCUT2D eigenvalue weighted by atomic mass is 19.4. The number of hydrogen-bond donors (Lipinski definition) is 1. The van der Waals surface area contributed by atoms with Gasteiger partial charge in [-0.1, -0.05) is 12.1 Å². The Morgan fingerprint density at radius 1 is 1.14 bits per heavy atom. The number of halogens is 4. The molecule has 0 radical (unpaired) electrons. The van der Waals surface area contributed by atoms with Gasteiger partial charge in [-0.3, -0.25) is 4.79 Å². The van der Waals surface area contributed by atoms with Gasteiger partial charge in [0.05, 0.1) is 30.7 Å². The number of carbonyl (C=O) groups is 1. The van der Waals surface area contributed by atoms with Gasteiger partial charge in [0.25, 0.3) is 5.91 Å². The quantitative estimate of drug-likeness (QED) is 0.431. The number of methoxy groups -OCH3 is 1. The van der Waals surface area contributed by atoms with Crippen LogP contribution >= 0.6 is 0 Å². The summed E-state index contributed by atoms with van der Waals surface area (Å²) in [5.41, 5.74) is -0.510. The number of nitrogens with zero attached hydrogens (tertiary/aromatic N) is 6. The smallest absolute Gasteiger partial charge is 0.419 e. The maximum atomic E-state index is 14.9. The molecule has 3 aromatic rings. The zero-order valence-electron chi connectivity index (χ0n) is 23.8. The van der Waals surface area contributed by atoms with Crippen LogP contribution in [0.2, 0.25) is 0 Å². The van der Waals surface area contributed by atoms with Crippen LogP contribution in [0.25, 0.3) is 11.0 Å². The van der Waals surface area contributed by atoms with Crippen LogP contribution in [0.1, 0.15) is 29.9 Å². The van der Waals surface area contributed by atoms with E-state index in [1.165, 1.54) is 19.2 Å². The molecule has 1 aromatic carbocycles. The van der Waals surface area contributed by atoms with Crippen molar-refractivity contribution in [2.45, 2.75) is 32.2 Å². The predicted octanol–water partition coefficient (Wildman–Crippen LogP) is 3.65. The Bertz CT molecular complexity index is 1460. The van der Waals surface area contributed by atoms with Gasteiger partial charge in [-0.2, -0.15) is 18.2 Å². The third-order valence-corrected chi connectivity index (χ3v) is 7.57. The first-order chi connectivity index (χ1) is 20.0. The van der Waals surface area contributed by atoms with E-state index >= 15 is 0 Å². The van der Waals surface area contributed by atoms with Crippen LogP contribution in [0.4, 0.5) is 29.1 Å². The molecular formula is C28H33F4N7O3. The number of aromatic nitrogens is 3. The van der Waals surface area contributed by atoms with E-state index in [1.807, 2.05) is 11.9 Å². The molecule has 0 spiro atoms. The second-order valence-corrected chi connectivity index (χ2v) is 10.5. The van der Waals surface area contributed by atoms with E-state index in [-0.39, 0.29) is 11.5 Å². The van der Waals surface area contributed by atoms with Gasteiger partial charge < -0.3 is 29.5 Å². The number of benzene rings is 1. The van der Waals surface area contributed by atoms with E-state index in [0.717, 1.165) is 6.54 Å². The topological polar surface area (TPSA) is 96.0 Å². The summed E-state index contributed by atoms with van der Waals surface area (Å²) in [5.74, 6) is -0.368. The van der Waals surface area contributed by atoms with Crippen LogP contribution in [-0.2, 0) is 15.7 Å². The lowest BCUT2D eigenvalue weighted by molar-refractivity contribution is -0.149. The van der Waals surface area contributed by atoms with Crippen LogP contribution in [0.3, 0.4) is 0 Å². The summed E-state index contributed by atoms with van der Waals surface area (Å²) < 4.78 is 66.1. The lowest BCUT2D eigenvalue weighted by atomic mass is 10.0. The molecule has 42 heavy (non-hydrogen) atoms. The summed E-state index contributed by atoms with van der Waals surface area (Å²) in [6, 6.07) is 4.14. The minimum atomic E-state index is -4.82. The first-order valence-electron chi connectivity index (χ1n) is 13.7. The second kappa shape index (κ2) is 11.8. The van der Waals surface area contributed by atoms with Crippen molar-refractivity contribution in [3.05, 3.63) is 47.0 Å². The molecule has 0 aliphatic carbocycles. The van der Waals surface area contributed by atoms with Gasteiger partial charge in [0.1, 0.15) is 29.3 Å². The normalized spacial score (nSPS) is 19.2. The third-order valence-electron chi connectivity index (χ3n) is 7.57. The Labute approximate surface area is 240 Å². The summed E-state index contributed by atoms with van der Waals surface area (Å²) in [6.07, 6.45) is -5.30. The van der Waals surface area contributed by atoms with Crippen LogP contribution in [0.15, 0.2) is 24.3 Å². The van der Waals surface area contributed by atoms with E-state index < -0.39 is 29.7 Å². The molecule has 2 atom stereocenters. The molecular weight excluding hydrogens is 558 g/mol. The number of alkyl halides is 3. The van der Waals surface area contributed by atoms with Crippen LogP contribution in [0.5, 0.6) is 5.88 Å². The van der Waals surface area contributed by atoms with Crippen LogP contribution in [0, 0.1) is 12.7 Å². The number of rotatable bonds is 6. The minimum absolute atomic E-state index is 0.0315. The molecule has 14 heteroatoms. The van der Waals surface area contributed by atoms with Crippen molar-refractivity contribution in [3.8, 4) is 5.88 Å².